The summed E-state index contributed by atoms with van der Waals surface area (Å²) < 4.78 is 0. The van der Waals surface area contributed by atoms with Crippen LogP contribution in [0.1, 0.15) is 46.5 Å². The van der Waals surface area contributed by atoms with Crippen molar-refractivity contribution < 1.29 is 5.73 Å². The van der Waals surface area contributed by atoms with E-state index in [0.717, 1.165) is 0 Å². The second-order valence-electron chi connectivity index (χ2n) is 2.96. The van der Waals surface area contributed by atoms with Gasteiger partial charge in [0.15, 0.2) is 0 Å². The van der Waals surface area contributed by atoms with Gasteiger partial charge in [-0.05, 0) is 12.8 Å². The van der Waals surface area contributed by atoms with Crippen molar-refractivity contribution in [2.75, 3.05) is 0 Å². The molecule has 0 amide bonds. The standard InChI is InChI=1S/C8H19N/c1-4-7-8(9,5-2)6-3/h4-7,9H2,1-3H3/p+1. The highest BCUT2D eigenvalue weighted by molar-refractivity contribution is 4.71. The first-order valence-corrected chi connectivity index (χ1v) is 4.04. The molecule has 0 rings (SSSR count). The molecule has 0 aromatic carbocycles. The zero-order valence-corrected chi connectivity index (χ0v) is 7.04. The van der Waals surface area contributed by atoms with Crippen molar-refractivity contribution in [3.63, 3.8) is 0 Å². The van der Waals surface area contributed by atoms with Crippen LogP contribution < -0.4 is 5.73 Å². The van der Waals surface area contributed by atoms with Crippen LogP contribution in [0, 0.1) is 0 Å². The Hall–Kier alpha value is -0.0400. The van der Waals surface area contributed by atoms with Crippen molar-refractivity contribution in [3.05, 3.63) is 0 Å². The second kappa shape index (κ2) is 3.89. The molecule has 9 heavy (non-hydrogen) atoms. The monoisotopic (exact) mass is 130 g/mol. The summed E-state index contributed by atoms with van der Waals surface area (Å²) in [6.45, 7) is 6.68. The molecule has 0 aliphatic carbocycles. The Morgan fingerprint density at radius 1 is 1.11 bits per heavy atom. The van der Waals surface area contributed by atoms with Gasteiger partial charge in [0.2, 0.25) is 0 Å². The van der Waals surface area contributed by atoms with Gasteiger partial charge >= 0.3 is 0 Å². The smallest absolute Gasteiger partial charge is 0.0940 e. The van der Waals surface area contributed by atoms with Gasteiger partial charge in [-0.3, -0.25) is 0 Å². The maximum absolute atomic E-state index is 4.20. The van der Waals surface area contributed by atoms with Crippen molar-refractivity contribution in [3.8, 4) is 0 Å². The van der Waals surface area contributed by atoms with Gasteiger partial charge in [-0.1, -0.05) is 27.2 Å². The zero-order valence-electron chi connectivity index (χ0n) is 7.04. The molecule has 0 fully saturated rings. The van der Waals surface area contributed by atoms with Gasteiger partial charge in [-0.25, -0.2) is 0 Å². The molecule has 0 radical (unpaired) electrons. The Bertz CT molecular complexity index is 65.0. The molecule has 0 saturated heterocycles. The van der Waals surface area contributed by atoms with E-state index in [-0.39, 0.29) is 0 Å². The second-order valence-corrected chi connectivity index (χ2v) is 2.96. The predicted octanol–water partition coefficient (Wildman–Crippen LogP) is 1.59. The predicted molar refractivity (Wildman–Crippen MR) is 41.1 cm³/mol. The van der Waals surface area contributed by atoms with Gasteiger partial charge < -0.3 is 5.73 Å². The molecule has 0 aliphatic rings. The van der Waals surface area contributed by atoms with Gasteiger partial charge in [-0.15, -0.1) is 0 Å². The van der Waals surface area contributed by atoms with Gasteiger partial charge in [0.1, 0.15) is 0 Å². The molecule has 1 nitrogen and oxygen atoms in total. The van der Waals surface area contributed by atoms with Gasteiger partial charge in [0, 0.05) is 6.42 Å². The molecule has 0 aromatic rings. The fourth-order valence-electron chi connectivity index (χ4n) is 1.13. The van der Waals surface area contributed by atoms with Crippen molar-refractivity contribution in [2.24, 2.45) is 0 Å². The molecule has 0 bridgehead atoms. The minimum absolute atomic E-state index is 0.384. The Balaban J connectivity index is 3.62. The maximum atomic E-state index is 4.20. The lowest BCUT2D eigenvalue weighted by Gasteiger charge is -2.21. The molecule has 56 valence electrons. The van der Waals surface area contributed by atoms with E-state index in [9.17, 15) is 0 Å². The molecular formula is C8H20N+. The molecular weight excluding hydrogens is 110 g/mol. The zero-order chi connectivity index (χ0) is 7.33. The van der Waals surface area contributed by atoms with Crippen LogP contribution in [0.5, 0.6) is 0 Å². The van der Waals surface area contributed by atoms with Crippen LogP contribution in [0.2, 0.25) is 0 Å². The van der Waals surface area contributed by atoms with E-state index < -0.39 is 0 Å². The highest BCUT2D eigenvalue weighted by Crippen LogP contribution is 2.14. The highest BCUT2D eigenvalue weighted by Gasteiger charge is 2.22. The third-order valence-electron chi connectivity index (χ3n) is 2.28. The molecule has 1 heteroatoms. The van der Waals surface area contributed by atoms with Crippen molar-refractivity contribution >= 4 is 0 Å². The van der Waals surface area contributed by atoms with Gasteiger partial charge in [-0.2, -0.15) is 0 Å². The van der Waals surface area contributed by atoms with Crippen LogP contribution in [0.4, 0.5) is 0 Å². The topological polar surface area (TPSA) is 27.6 Å². The van der Waals surface area contributed by atoms with E-state index in [1.54, 1.807) is 0 Å². The van der Waals surface area contributed by atoms with Crippen LogP contribution in [0.3, 0.4) is 0 Å². The van der Waals surface area contributed by atoms with E-state index in [2.05, 4.69) is 26.5 Å². The summed E-state index contributed by atoms with van der Waals surface area (Å²) in [6, 6.07) is 0. The summed E-state index contributed by atoms with van der Waals surface area (Å²) in [5, 5.41) is 0. The van der Waals surface area contributed by atoms with E-state index in [4.69, 9.17) is 0 Å². The molecule has 0 atom stereocenters. The third kappa shape index (κ3) is 2.85. The Labute approximate surface area is 58.6 Å². The van der Waals surface area contributed by atoms with Crippen LogP contribution >= 0.6 is 0 Å². The fourth-order valence-corrected chi connectivity index (χ4v) is 1.13. The largest absolute Gasteiger partial charge is 0.353 e. The highest BCUT2D eigenvalue weighted by atomic mass is 14.7. The summed E-state index contributed by atoms with van der Waals surface area (Å²) in [5.41, 5.74) is 4.58. The van der Waals surface area contributed by atoms with E-state index in [1.165, 1.54) is 25.7 Å². The number of rotatable bonds is 4. The van der Waals surface area contributed by atoms with E-state index >= 15 is 0 Å². The normalized spacial score (nSPS) is 12.0. The fraction of sp³-hybridized carbons (Fsp3) is 1.00. The Kier molecular flexibility index (Phi) is 3.87. The van der Waals surface area contributed by atoms with Crippen molar-refractivity contribution in [1.82, 2.24) is 0 Å². The SMILES string of the molecule is CCCC([NH3+])(CC)CC. The third-order valence-corrected chi connectivity index (χ3v) is 2.28. The molecule has 0 saturated carbocycles. The van der Waals surface area contributed by atoms with Crippen LogP contribution in [0.15, 0.2) is 0 Å². The summed E-state index contributed by atoms with van der Waals surface area (Å²) >= 11 is 0. The molecule has 3 N–H and O–H groups in total. The molecule has 0 aromatic heterocycles. The van der Waals surface area contributed by atoms with E-state index in [1.807, 2.05) is 0 Å². The van der Waals surface area contributed by atoms with Gasteiger partial charge in [0.05, 0.1) is 5.54 Å². The summed E-state index contributed by atoms with van der Waals surface area (Å²) in [5.74, 6) is 0. The average Bonchev–Trinajstić information content (AvgIpc) is 1.89. The molecule has 0 heterocycles. The van der Waals surface area contributed by atoms with Crippen molar-refractivity contribution in [1.29, 1.82) is 0 Å². The molecule has 0 unspecified atom stereocenters. The lowest BCUT2D eigenvalue weighted by molar-refractivity contribution is -0.481. The summed E-state index contributed by atoms with van der Waals surface area (Å²) in [7, 11) is 0. The first-order valence-electron chi connectivity index (χ1n) is 4.04. The van der Waals surface area contributed by atoms with Crippen LogP contribution in [0.25, 0.3) is 0 Å². The lowest BCUT2D eigenvalue weighted by atomic mass is 9.89. The minimum Gasteiger partial charge on any atom is -0.353 e. The average molecular weight is 130 g/mol. The summed E-state index contributed by atoms with van der Waals surface area (Å²) in [6.07, 6.45) is 4.99. The molecule has 0 spiro atoms. The first kappa shape index (κ1) is 8.96. The Morgan fingerprint density at radius 2 is 1.56 bits per heavy atom. The van der Waals surface area contributed by atoms with E-state index in [0.29, 0.717) is 5.54 Å². The Morgan fingerprint density at radius 3 is 1.67 bits per heavy atom. The van der Waals surface area contributed by atoms with Crippen LogP contribution in [-0.2, 0) is 0 Å². The van der Waals surface area contributed by atoms with Gasteiger partial charge in [0.25, 0.3) is 0 Å². The first-order chi connectivity index (χ1) is 4.18. The minimum atomic E-state index is 0.384. The summed E-state index contributed by atoms with van der Waals surface area (Å²) in [4.78, 5) is 0. The number of hydrogen-bond acceptors (Lipinski definition) is 0. The lowest BCUT2D eigenvalue weighted by Crippen LogP contribution is -2.71. The molecule has 0 aliphatic heterocycles. The number of hydrogen-bond donors (Lipinski definition) is 1. The van der Waals surface area contributed by atoms with Crippen molar-refractivity contribution in [2.45, 2.75) is 52.0 Å². The maximum Gasteiger partial charge on any atom is 0.0940 e. The quantitative estimate of drug-likeness (QED) is 0.598. The number of quaternary nitrogens is 1. The van der Waals surface area contributed by atoms with Crippen LogP contribution in [-0.4, -0.2) is 5.54 Å².